The minimum absolute atomic E-state index is 0.0126. The van der Waals surface area contributed by atoms with Crippen LogP contribution in [0.1, 0.15) is 31.2 Å². The molecule has 0 spiro atoms. The molecule has 0 radical (unpaired) electrons. The summed E-state index contributed by atoms with van der Waals surface area (Å²) in [5.41, 5.74) is 0.947. The molecule has 1 aliphatic carbocycles. The number of aryl methyl sites for hydroxylation is 1. The van der Waals surface area contributed by atoms with E-state index in [9.17, 15) is 19.1 Å². The molecule has 0 saturated heterocycles. The fourth-order valence-electron chi connectivity index (χ4n) is 2.64. The molecule has 3 N–H and O–H groups in total. The highest BCUT2D eigenvalue weighted by Gasteiger charge is 2.24. The van der Waals surface area contributed by atoms with E-state index in [0.29, 0.717) is 5.56 Å². The summed E-state index contributed by atoms with van der Waals surface area (Å²) in [6, 6.07) is 3.99. The lowest BCUT2D eigenvalue weighted by Gasteiger charge is -2.27. The highest BCUT2D eigenvalue weighted by molar-refractivity contribution is 6.39. The van der Waals surface area contributed by atoms with Crippen LogP contribution in [0, 0.1) is 18.7 Å². The van der Waals surface area contributed by atoms with Crippen LogP contribution in [-0.4, -0.2) is 29.6 Å². The summed E-state index contributed by atoms with van der Waals surface area (Å²) < 4.78 is 13.2. The van der Waals surface area contributed by atoms with Crippen molar-refractivity contribution in [3.63, 3.8) is 0 Å². The second kappa shape index (κ2) is 7.35. The molecule has 1 fully saturated rings. The number of nitrogens with one attached hydrogen (secondary N) is 2. The molecule has 2 amide bonds. The second-order valence-corrected chi connectivity index (χ2v) is 5.74. The summed E-state index contributed by atoms with van der Waals surface area (Å²) in [6.45, 7) is 1.99. The fourth-order valence-corrected chi connectivity index (χ4v) is 2.64. The van der Waals surface area contributed by atoms with Crippen molar-refractivity contribution in [2.24, 2.45) is 5.92 Å². The summed E-state index contributed by atoms with van der Waals surface area (Å²) in [4.78, 5) is 23.6. The number of anilines is 1. The second-order valence-electron chi connectivity index (χ2n) is 5.74. The van der Waals surface area contributed by atoms with Crippen molar-refractivity contribution in [1.29, 1.82) is 0 Å². The lowest BCUT2D eigenvalue weighted by molar-refractivity contribution is -0.136. The molecule has 22 heavy (non-hydrogen) atoms. The number of hydrogen-bond acceptors (Lipinski definition) is 3. The van der Waals surface area contributed by atoms with Crippen LogP contribution in [0.4, 0.5) is 10.1 Å². The molecular formula is C16H21FN2O3. The average molecular weight is 308 g/mol. The number of hydrogen-bond donors (Lipinski definition) is 3. The third-order valence-corrected chi connectivity index (χ3v) is 4.05. The van der Waals surface area contributed by atoms with Gasteiger partial charge in [0, 0.05) is 18.2 Å². The Morgan fingerprint density at radius 1 is 1.27 bits per heavy atom. The van der Waals surface area contributed by atoms with Crippen molar-refractivity contribution >= 4 is 17.5 Å². The van der Waals surface area contributed by atoms with Crippen LogP contribution in [0.5, 0.6) is 0 Å². The van der Waals surface area contributed by atoms with Crippen LogP contribution in [0.25, 0.3) is 0 Å². The topological polar surface area (TPSA) is 78.4 Å². The fraction of sp³-hybridized carbons (Fsp3) is 0.500. The molecule has 2 rings (SSSR count). The number of aliphatic hydroxyl groups is 1. The highest BCUT2D eigenvalue weighted by atomic mass is 19.1. The minimum Gasteiger partial charge on any atom is -0.393 e. The van der Waals surface area contributed by atoms with Gasteiger partial charge in [-0.15, -0.1) is 0 Å². The molecule has 1 aromatic rings. The van der Waals surface area contributed by atoms with Gasteiger partial charge >= 0.3 is 11.8 Å². The lowest BCUT2D eigenvalue weighted by atomic mass is 9.86. The zero-order valence-electron chi connectivity index (χ0n) is 12.6. The van der Waals surface area contributed by atoms with Gasteiger partial charge in [-0.2, -0.15) is 0 Å². The van der Waals surface area contributed by atoms with E-state index in [-0.39, 0.29) is 18.2 Å². The van der Waals surface area contributed by atoms with Gasteiger partial charge in [0.2, 0.25) is 0 Å². The molecule has 0 unspecified atom stereocenters. The van der Waals surface area contributed by atoms with Gasteiger partial charge < -0.3 is 15.7 Å². The largest absolute Gasteiger partial charge is 0.393 e. The van der Waals surface area contributed by atoms with Crippen LogP contribution in [0.3, 0.4) is 0 Å². The maximum Gasteiger partial charge on any atom is 0.313 e. The van der Waals surface area contributed by atoms with Crippen molar-refractivity contribution in [3.8, 4) is 0 Å². The van der Waals surface area contributed by atoms with Gasteiger partial charge in [-0.3, -0.25) is 9.59 Å². The Kier molecular flexibility index (Phi) is 5.49. The van der Waals surface area contributed by atoms with E-state index in [1.54, 1.807) is 6.92 Å². The summed E-state index contributed by atoms with van der Waals surface area (Å²) in [5, 5.41) is 14.8. The molecule has 1 saturated carbocycles. The molecule has 0 aromatic heterocycles. The Morgan fingerprint density at radius 2 is 2.00 bits per heavy atom. The van der Waals surface area contributed by atoms with E-state index < -0.39 is 23.7 Å². The van der Waals surface area contributed by atoms with Gasteiger partial charge in [0.15, 0.2) is 0 Å². The molecule has 120 valence electrons. The number of rotatable bonds is 3. The maximum atomic E-state index is 13.2. The average Bonchev–Trinajstić information content (AvgIpc) is 2.49. The molecule has 6 heteroatoms. The summed E-state index contributed by atoms with van der Waals surface area (Å²) in [7, 11) is 0. The van der Waals surface area contributed by atoms with Crippen LogP contribution < -0.4 is 10.6 Å². The summed E-state index contributed by atoms with van der Waals surface area (Å²) >= 11 is 0. The lowest BCUT2D eigenvalue weighted by Crippen LogP contribution is -2.41. The van der Waals surface area contributed by atoms with Crippen LogP contribution in [0.2, 0.25) is 0 Å². The van der Waals surface area contributed by atoms with Gasteiger partial charge in [-0.05, 0) is 37.5 Å². The third-order valence-electron chi connectivity index (χ3n) is 4.05. The Bertz CT molecular complexity index is 562. The van der Waals surface area contributed by atoms with Crippen molar-refractivity contribution in [2.75, 3.05) is 11.9 Å². The number of halogens is 1. The van der Waals surface area contributed by atoms with Gasteiger partial charge in [-0.1, -0.05) is 18.9 Å². The van der Waals surface area contributed by atoms with Crippen LogP contribution >= 0.6 is 0 Å². The van der Waals surface area contributed by atoms with Crippen molar-refractivity contribution in [1.82, 2.24) is 5.32 Å². The van der Waals surface area contributed by atoms with Crippen LogP contribution in [-0.2, 0) is 9.59 Å². The smallest absolute Gasteiger partial charge is 0.313 e. The SMILES string of the molecule is Cc1ccc(F)cc1NC(=O)C(=O)NC[C@@H]1CCCC[C@@H]1O. The Morgan fingerprint density at radius 3 is 2.73 bits per heavy atom. The highest BCUT2D eigenvalue weighted by Crippen LogP contribution is 2.23. The van der Waals surface area contributed by atoms with Gasteiger partial charge in [0.1, 0.15) is 5.82 Å². The first-order valence-corrected chi connectivity index (χ1v) is 7.51. The summed E-state index contributed by atoms with van der Waals surface area (Å²) in [6.07, 6.45) is 3.15. The zero-order chi connectivity index (χ0) is 16.1. The van der Waals surface area contributed by atoms with Gasteiger partial charge in [0.25, 0.3) is 0 Å². The van der Waals surface area contributed by atoms with E-state index >= 15 is 0 Å². The normalized spacial score (nSPS) is 21.2. The molecule has 1 aliphatic rings. The number of benzene rings is 1. The number of carbonyl (C=O) groups is 2. The predicted molar refractivity (Wildman–Crippen MR) is 80.7 cm³/mol. The number of aliphatic hydroxyl groups excluding tert-OH is 1. The Hall–Kier alpha value is -1.95. The van der Waals surface area contributed by atoms with Gasteiger partial charge in [0.05, 0.1) is 6.10 Å². The Balaban J connectivity index is 1.86. The number of carbonyl (C=O) groups excluding carboxylic acids is 2. The standard InChI is InChI=1S/C16H21FN2O3/c1-10-6-7-12(17)8-13(10)19-16(22)15(21)18-9-11-4-2-3-5-14(11)20/h6-8,11,14,20H,2-5,9H2,1H3,(H,18,21)(H,19,22)/t11-,14-/m0/s1. The zero-order valence-corrected chi connectivity index (χ0v) is 12.6. The molecule has 0 bridgehead atoms. The maximum absolute atomic E-state index is 13.2. The molecule has 2 atom stereocenters. The van der Waals surface area contributed by atoms with E-state index in [2.05, 4.69) is 10.6 Å². The predicted octanol–water partition coefficient (Wildman–Crippen LogP) is 1.74. The first-order chi connectivity index (χ1) is 10.5. The Labute approximate surface area is 128 Å². The summed E-state index contributed by atoms with van der Waals surface area (Å²) in [5.74, 6) is -2.10. The van der Waals surface area contributed by atoms with Gasteiger partial charge in [-0.25, -0.2) is 4.39 Å². The molecule has 1 aromatic carbocycles. The van der Waals surface area contributed by atoms with Crippen molar-refractivity contribution < 1.29 is 19.1 Å². The first-order valence-electron chi connectivity index (χ1n) is 7.51. The monoisotopic (exact) mass is 308 g/mol. The van der Waals surface area contributed by atoms with E-state index in [1.807, 2.05) is 0 Å². The molecule has 5 nitrogen and oxygen atoms in total. The number of amides is 2. The third kappa shape index (κ3) is 4.27. The molecule has 0 heterocycles. The van der Waals surface area contributed by atoms with Crippen molar-refractivity contribution in [2.45, 2.75) is 38.7 Å². The quantitative estimate of drug-likeness (QED) is 0.744. The minimum atomic E-state index is -0.834. The molecular weight excluding hydrogens is 287 g/mol. The molecule has 0 aliphatic heterocycles. The van der Waals surface area contributed by atoms with E-state index in [0.717, 1.165) is 25.7 Å². The first kappa shape index (κ1) is 16.4. The van der Waals surface area contributed by atoms with E-state index in [1.165, 1.54) is 18.2 Å². The van der Waals surface area contributed by atoms with Crippen LogP contribution in [0.15, 0.2) is 18.2 Å². The van der Waals surface area contributed by atoms with Crippen molar-refractivity contribution in [3.05, 3.63) is 29.6 Å². The van der Waals surface area contributed by atoms with E-state index in [4.69, 9.17) is 0 Å².